The molecule has 0 fully saturated rings. The van der Waals surface area contributed by atoms with E-state index in [0.717, 1.165) is 10.6 Å². The molecule has 2 N–H and O–H groups in total. The van der Waals surface area contributed by atoms with Crippen LogP contribution < -0.4 is 17.0 Å². The Bertz CT molecular complexity index is 1100. The number of benzene rings is 2. The summed E-state index contributed by atoms with van der Waals surface area (Å²) >= 11 is 0. The van der Waals surface area contributed by atoms with Gasteiger partial charge in [0, 0.05) is 12.2 Å². The number of nitrogen functional groups attached to an aromatic ring is 1. The molecule has 0 saturated carbocycles. The molecule has 0 aliphatic rings. The van der Waals surface area contributed by atoms with Gasteiger partial charge in [-0.2, -0.15) is 13.2 Å². The molecule has 26 heavy (non-hydrogen) atoms. The minimum absolute atomic E-state index is 0.124. The van der Waals surface area contributed by atoms with E-state index in [1.807, 2.05) is 0 Å². The summed E-state index contributed by atoms with van der Waals surface area (Å²) in [5, 5.41) is 0.124. The van der Waals surface area contributed by atoms with E-state index in [4.69, 9.17) is 5.73 Å². The van der Waals surface area contributed by atoms with Crippen LogP contribution in [0.25, 0.3) is 10.9 Å². The van der Waals surface area contributed by atoms with Gasteiger partial charge in [0.2, 0.25) is 0 Å². The minimum atomic E-state index is -4.58. The standard InChI is InChI=1S/C18H16F3N3O2/c1-2-23-14-9-5-8-13(22)15(14)16(25)24(17(23)26)10-11-6-3-4-7-12(11)18(19,20)21/h3-9H,2,10,22H2,1H3. The smallest absolute Gasteiger partial charge is 0.398 e. The maximum atomic E-state index is 13.2. The molecule has 0 aliphatic heterocycles. The van der Waals surface area contributed by atoms with E-state index in [1.54, 1.807) is 19.1 Å². The van der Waals surface area contributed by atoms with Crippen LogP contribution in [-0.2, 0) is 19.3 Å². The minimum Gasteiger partial charge on any atom is -0.398 e. The summed E-state index contributed by atoms with van der Waals surface area (Å²) in [6.07, 6.45) is -4.58. The molecule has 1 heterocycles. The lowest BCUT2D eigenvalue weighted by molar-refractivity contribution is -0.138. The van der Waals surface area contributed by atoms with E-state index in [1.165, 1.54) is 28.8 Å². The second kappa shape index (κ2) is 6.36. The number of alkyl halides is 3. The average Bonchev–Trinajstić information content (AvgIpc) is 2.58. The fraction of sp³-hybridized carbons (Fsp3) is 0.222. The molecule has 0 aliphatic carbocycles. The number of nitrogens with zero attached hydrogens (tertiary/aromatic N) is 2. The van der Waals surface area contributed by atoms with Crippen LogP contribution in [0.1, 0.15) is 18.1 Å². The Balaban J connectivity index is 2.30. The van der Waals surface area contributed by atoms with E-state index in [9.17, 15) is 22.8 Å². The van der Waals surface area contributed by atoms with Crippen molar-refractivity contribution >= 4 is 16.6 Å². The van der Waals surface area contributed by atoms with Crippen molar-refractivity contribution in [2.75, 3.05) is 5.73 Å². The Labute approximate surface area is 146 Å². The van der Waals surface area contributed by atoms with Gasteiger partial charge < -0.3 is 5.73 Å². The zero-order valence-electron chi connectivity index (χ0n) is 13.9. The Kier molecular flexibility index (Phi) is 4.35. The second-order valence-corrected chi connectivity index (χ2v) is 5.81. The third-order valence-electron chi connectivity index (χ3n) is 4.25. The third-order valence-corrected chi connectivity index (χ3v) is 4.25. The molecule has 0 atom stereocenters. The molecule has 3 rings (SSSR count). The predicted molar refractivity (Wildman–Crippen MR) is 93.1 cm³/mol. The topological polar surface area (TPSA) is 70.0 Å². The zero-order valence-corrected chi connectivity index (χ0v) is 13.9. The van der Waals surface area contributed by atoms with Gasteiger partial charge >= 0.3 is 11.9 Å². The van der Waals surface area contributed by atoms with E-state index in [0.29, 0.717) is 5.52 Å². The first-order chi connectivity index (χ1) is 12.3. The van der Waals surface area contributed by atoms with Gasteiger partial charge in [-0.25, -0.2) is 4.79 Å². The highest BCUT2D eigenvalue weighted by Crippen LogP contribution is 2.32. The monoisotopic (exact) mass is 363 g/mol. The maximum Gasteiger partial charge on any atom is 0.416 e. The number of fused-ring (bicyclic) bond motifs is 1. The molecule has 0 bridgehead atoms. The van der Waals surface area contributed by atoms with Crippen LogP contribution in [0.2, 0.25) is 0 Å². The van der Waals surface area contributed by atoms with E-state index < -0.39 is 29.5 Å². The number of hydrogen-bond donors (Lipinski definition) is 1. The van der Waals surface area contributed by atoms with Gasteiger partial charge in [0.15, 0.2) is 0 Å². The zero-order chi connectivity index (χ0) is 19.1. The number of halogens is 3. The summed E-state index contributed by atoms with van der Waals surface area (Å²) in [4.78, 5) is 25.5. The molecule has 3 aromatic rings. The quantitative estimate of drug-likeness (QED) is 0.728. The summed E-state index contributed by atoms with van der Waals surface area (Å²) in [6.45, 7) is 1.47. The van der Waals surface area contributed by atoms with Gasteiger partial charge in [0.25, 0.3) is 5.56 Å². The molecule has 1 aromatic heterocycles. The summed E-state index contributed by atoms with van der Waals surface area (Å²) in [7, 11) is 0. The van der Waals surface area contributed by atoms with Crippen LogP contribution in [0.4, 0.5) is 18.9 Å². The van der Waals surface area contributed by atoms with Gasteiger partial charge in [0.1, 0.15) is 0 Å². The van der Waals surface area contributed by atoms with Gasteiger partial charge in [0.05, 0.1) is 23.0 Å². The van der Waals surface area contributed by atoms with Crippen LogP contribution in [0, 0.1) is 0 Å². The predicted octanol–water partition coefficient (Wildman–Crippen LogP) is 2.83. The van der Waals surface area contributed by atoms with Crippen LogP contribution in [0.3, 0.4) is 0 Å². The molecule has 136 valence electrons. The van der Waals surface area contributed by atoms with Crippen molar-refractivity contribution in [2.45, 2.75) is 26.2 Å². The third kappa shape index (κ3) is 2.87. The Hall–Kier alpha value is -3.03. The molecule has 2 aromatic carbocycles. The molecule has 0 spiro atoms. The lowest BCUT2D eigenvalue weighted by atomic mass is 10.1. The number of hydrogen-bond acceptors (Lipinski definition) is 3. The Morgan fingerprint density at radius 2 is 1.69 bits per heavy atom. The van der Waals surface area contributed by atoms with Gasteiger partial charge in [-0.3, -0.25) is 13.9 Å². The number of nitrogens with two attached hydrogens (primary N) is 1. The number of rotatable bonds is 3. The number of aromatic nitrogens is 2. The first-order valence-electron chi connectivity index (χ1n) is 7.92. The first kappa shape index (κ1) is 17.8. The fourth-order valence-electron chi connectivity index (χ4n) is 3.04. The van der Waals surface area contributed by atoms with Crippen molar-refractivity contribution in [3.05, 3.63) is 74.4 Å². The van der Waals surface area contributed by atoms with Gasteiger partial charge in [-0.05, 0) is 30.7 Å². The van der Waals surface area contributed by atoms with Crippen molar-refractivity contribution in [1.82, 2.24) is 9.13 Å². The van der Waals surface area contributed by atoms with Crippen molar-refractivity contribution < 1.29 is 13.2 Å². The van der Waals surface area contributed by atoms with E-state index in [-0.39, 0.29) is 23.2 Å². The summed E-state index contributed by atoms with van der Waals surface area (Å²) in [5.74, 6) is 0. The molecule has 0 unspecified atom stereocenters. The van der Waals surface area contributed by atoms with Crippen molar-refractivity contribution in [2.24, 2.45) is 0 Å². The van der Waals surface area contributed by atoms with Crippen molar-refractivity contribution in [3.8, 4) is 0 Å². The first-order valence-corrected chi connectivity index (χ1v) is 7.92. The molecule has 0 saturated heterocycles. The summed E-state index contributed by atoms with van der Waals surface area (Å²) in [5.41, 5.74) is 4.01. The molecular formula is C18H16F3N3O2. The Morgan fingerprint density at radius 1 is 1.00 bits per heavy atom. The molecule has 0 radical (unpaired) electrons. The van der Waals surface area contributed by atoms with Crippen LogP contribution in [0.5, 0.6) is 0 Å². The second-order valence-electron chi connectivity index (χ2n) is 5.81. The van der Waals surface area contributed by atoms with Crippen molar-refractivity contribution in [1.29, 1.82) is 0 Å². The number of anilines is 1. The highest BCUT2D eigenvalue weighted by molar-refractivity contribution is 5.89. The maximum absolute atomic E-state index is 13.2. The fourth-order valence-corrected chi connectivity index (χ4v) is 3.04. The normalized spacial score (nSPS) is 11.8. The number of aryl methyl sites for hydroxylation is 1. The summed E-state index contributed by atoms with van der Waals surface area (Å²) < 4.78 is 41.8. The van der Waals surface area contributed by atoms with Crippen LogP contribution >= 0.6 is 0 Å². The van der Waals surface area contributed by atoms with Crippen LogP contribution in [-0.4, -0.2) is 9.13 Å². The van der Waals surface area contributed by atoms with Gasteiger partial charge in [-0.15, -0.1) is 0 Å². The van der Waals surface area contributed by atoms with Crippen LogP contribution in [0.15, 0.2) is 52.1 Å². The summed E-state index contributed by atoms with van der Waals surface area (Å²) in [6, 6.07) is 9.60. The van der Waals surface area contributed by atoms with E-state index in [2.05, 4.69) is 0 Å². The highest BCUT2D eigenvalue weighted by atomic mass is 19.4. The highest BCUT2D eigenvalue weighted by Gasteiger charge is 2.33. The molecule has 0 amide bonds. The molecular weight excluding hydrogens is 347 g/mol. The van der Waals surface area contributed by atoms with Gasteiger partial charge in [-0.1, -0.05) is 24.3 Å². The van der Waals surface area contributed by atoms with Crippen molar-refractivity contribution in [3.63, 3.8) is 0 Å². The van der Waals surface area contributed by atoms with E-state index >= 15 is 0 Å². The molecule has 5 nitrogen and oxygen atoms in total. The Morgan fingerprint density at radius 3 is 2.35 bits per heavy atom. The lowest BCUT2D eigenvalue weighted by Gasteiger charge is -2.16. The molecule has 8 heteroatoms. The average molecular weight is 363 g/mol. The SMILES string of the molecule is CCn1c(=O)n(Cc2ccccc2C(F)(F)F)c(=O)c2c(N)cccc21. The lowest BCUT2D eigenvalue weighted by Crippen LogP contribution is -2.40. The largest absolute Gasteiger partial charge is 0.416 e.